The van der Waals surface area contributed by atoms with E-state index in [1.807, 2.05) is 12.1 Å². The van der Waals surface area contributed by atoms with E-state index in [-0.39, 0.29) is 0 Å². The van der Waals surface area contributed by atoms with Crippen molar-refractivity contribution >= 4 is 11.5 Å². The number of ether oxygens (including phenoxy) is 1. The van der Waals surface area contributed by atoms with Crippen LogP contribution in [0.2, 0.25) is 0 Å². The van der Waals surface area contributed by atoms with E-state index >= 15 is 0 Å². The lowest BCUT2D eigenvalue weighted by molar-refractivity contribution is 0.286. The predicted octanol–water partition coefficient (Wildman–Crippen LogP) is 1.71. The van der Waals surface area contributed by atoms with Crippen molar-refractivity contribution in [2.45, 2.75) is 12.8 Å². The van der Waals surface area contributed by atoms with Crippen LogP contribution in [0.3, 0.4) is 0 Å². The van der Waals surface area contributed by atoms with Gasteiger partial charge in [0.05, 0.1) is 13.7 Å². The fourth-order valence-electron chi connectivity index (χ4n) is 1.98. The van der Waals surface area contributed by atoms with Gasteiger partial charge in [-0.1, -0.05) is 12.6 Å². The molecule has 0 radical (unpaired) electrons. The number of hydrogen-bond acceptors (Lipinski definition) is 4. The van der Waals surface area contributed by atoms with Crippen molar-refractivity contribution in [3.8, 4) is 0 Å². The van der Waals surface area contributed by atoms with Crippen LogP contribution in [0.25, 0.3) is 0 Å². The SMILES string of the molecule is C=C(CNC1=NCCCc2ccc(N)cc21)OC. The van der Waals surface area contributed by atoms with E-state index in [0.29, 0.717) is 12.3 Å². The molecular formula is C14H19N3O. The normalized spacial score (nSPS) is 14.2. The van der Waals surface area contributed by atoms with Crippen LogP contribution in [0, 0.1) is 0 Å². The standard InChI is InChI=1S/C14H19N3O/c1-10(18-2)9-17-14-13-8-12(15)6-5-11(13)4-3-7-16-14/h5-6,8H,1,3-4,7,9,15H2,2H3,(H,16,17). The molecule has 0 amide bonds. The van der Waals surface area contributed by atoms with E-state index in [0.717, 1.165) is 36.5 Å². The minimum absolute atomic E-state index is 0.559. The number of nitrogens with two attached hydrogens (primary N) is 1. The van der Waals surface area contributed by atoms with E-state index in [2.05, 4.69) is 23.0 Å². The molecule has 96 valence electrons. The number of nitrogens with zero attached hydrogens (tertiary/aromatic N) is 1. The van der Waals surface area contributed by atoms with Gasteiger partial charge >= 0.3 is 0 Å². The Balaban J connectivity index is 2.22. The number of fused-ring (bicyclic) bond motifs is 1. The molecule has 4 heteroatoms. The van der Waals surface area contributed by atoms with Crippen molar-refractivity contribution in [1.29, 1.82) is 0 Å². The monoisotopic (exact) mass is 245 g/mol. The molecule has 0 aliphatic carbocycles. The predicted molar refractivity (Wildman–Crippen MR) is 74.7 cm³/mol. The summed E-state index contributed by atoms with van der Waals surface area (Å²) in [5, 5.41) is 3.27. The zero-order chi connectivity index (χ0) is 13.0. The molecule has 1 aliphatic heterocycles. The highest BCUT2D eigenvalue weighted by molar-refractivity contribution is 6.01. The summed E-state index contributed by atoms with van der Waals surface area (Å²) in [6.07, 6.45) is 2.10. The second-order valence-corrected chi connectivity index (χ2v) is 4.35. The first-order valence-corrected chi connectivity index (χ1v) is 6.09. The third-order valence-electron chi connectivity index (χ3n) is 3.00. The second kappa shape index (κ2) is 5.58. The summed E-state index contributed by atoms with van der Waals surface area (Å²) in [6, 6.07) is 6.00. The van der Waals surface area contributed by atoms with Crippen LogP contribution in [0.4, 0.5) is 5.69 Å². The lowest BCUT2D eigenvalue weighted by Gasteiger charge is -2.13. The summed E-state index contributed by atoms with van der Waals surface area (Å²) in [5.41, 5.74) is 8.99. The van der Waals surface area contributed by atoms with Crippen LogP contribution >= 0.6 is 0 Å². The molecule has 4 nitrogen and oxygen atoms in total. The van der Waals surface area contributed by atoms with Crippen LogP contribution < -0.4 is 11.1 Å². The fraction of sp³-hybridized carbons (Fsp3) is 0.357. The highest BCUT2D eigenvalue weighted by Gasteiger charge is 2.13. The molecule has 0 saturated carbocycles. The fourth-order valence-corrected chi connectivity index (χ4v) is 1.98. The number of anilines is 1. The molecular weight excluding hydrogens is 226 g/mol. The minimum atomic E-state index is 0.559. The summed E-state index contributed by atoms with van der Waals surface area (Å²) < 4.78 is 5.05. The Labute approximate surface area is 108 Å². The zero-order valence-corrected chi connectivity index (χ0v) is 10.7. The first-order chi connectivity index (χ1) is 8.70. The van der Waals surface area contributed by atoms with Crippen molar-refractivity contribution < 1.29 is 4.74 Å². The van der Waals surface area contributed by atoms with Gasteiger partial charge in [0.2, 0.25) is 0 Å². The van der Waals surface area contributed by atoms with Gasteiger partial charge in [0, 0.05) is 17.8 Å². The topological polar surface area (TPSA) is 59.6 Å². The van der Waals surface area contributed by atoms with Crippen LogP contribution in [0.5, 0.6) is 0 Å². The molecule has 0 unspecified atom stereocenters. The average molecular weight is 245 g/mol. The first kappa shape index (κ1) is 12.5. The van der Waals surface area contributed by atoms with Crippen molar-refractivity contribution in [2.75, 3.05) is 25.9 Å². The highest BCUT2D eigenvalue weighted by Crippen LogP contribution is 2.18. The Morgan fingerprint density at radius 2 is 2.39 bits per heavy atom. The first-order valence-electron chi connectivity index (χ1n) is 6.09. The van der Waals surface area contributed by atoms with Crippen molar-refractivity contribution in [2.24, 2.45) is 4.99 Å². The molecule has 0 saturated heterocycles. The number of aryl methyl sites for hydroxylation is 1. The minimum Gasteiger partial charge on any atom is -0.500 e. The molecule has 18 heavy (non-hydrogen) atoms. The van der Waals surface area contributed by atoms with Crippen molar-refractivity contribution in [3.05, 3.63) is 41.7 Å². The number of nitrogen functional groups attached to an aromatic ring is 1. The van der Waals surface area contributed by atoms with Gasteiger partial charge in [-0.05, 0) is 30.5 Å². The number of benzene rings is 1. The molecule has 0 fully saturated rings. The summed E-state index contributed by atoms with van der Waals surface area (Å²) >= 11 is 0. The van der Waals surface area contributed by atoms with Crippen molar-refractivity contribution in [1.82, 2.24) is 5.32 Å². The van der Waals surface area contributed by atoms with Crippen LogP contribution in [0.15, 0.2) is 35.5 Å². The Morgan fingerprint density at radius 1 is 1.56 bits per heavy atom. The van der Waals surface area contributed by atoms with Gasteiger partial charge in [-0.3, -0.25) is 4.99 Å². The smallest absolute Gasteiger partial charge is 0.128 e. The lowest BCUT2D eigenvalue weighted by Crippen LogP contribution is -2.27. The van der Waals surface area contributed by atoms with E-state index in [1.165, 1.54) is 5.56 Å². The van der Waals surface area contributed by atoms with E-state index in [9.17, 15) is 0 Å². The van der Waals surface area contributed by atoms with Gasteiger partial charge in [0.25, 0.3) is 0 Å². The Hall–Kier alpha value is -1.97. The summed E-state index contributed by atoms with van der Waals surface area (Å²) in [5.74, 6) is 1.57. The molecule has 0 bridgehead atoms. The molecule has 1 aromatic rings. The van der Waals surface area contributed by atoms with Crippen LogP contribution in [0.1, 0.15) is 17.5 Å². The maximum absolute atomic E-state index is 5.85. The van der Waals surface area contributed by atoms with Gasteiger partial charge in [-0.25, -0.2) is 0 Å². The second-order valence-electron chi connectivity index (χ2n) is 4.35. The van der Waals surface area contributed by atoms with Crippen LogP contribution in [-0.2, 0) is 11.2 Å². The van der Waals surface area contributed by atoms with Gasteiger partial charge in [-0.2, -0.15) is 0 Å². The quantitative estimate of drug-likeness (QED) is 0.629. The Kier molecular flexibility index (Phi) is 3.87. The molecule has 0 aromatic heterocycles. The summed E-state index contributed by atoms with van der Waals surface area (Å²) in [4.78, 5) is 4.57. The van der Waals surface area contributed by atoms with Crippen molar-refractivity contribution in [3.63, 3.8) is 0 Å². The van der Waals surface area contributed by atoms with Gasteiger partial charge in [0.15, 0.2) is 0 Å². The van der Waals surface area contributed by atoms with Gasteiger partial charge in [0.1, 0.15) is 11.6 Å². The summed E-state index contributed by atoms with van der Waals surface area (Å²) in [6.45, 7) is 5.18. The number of methoxy groups -OCH3 is 1. The molecule has 1 aromatic carbocycles. The maximum atomic E-state index is 5.85. The molecule has 1 aliphatic rings. The third-order valence-corrected chi connectivity index (χ3v) is 3.00. The van der Waals surface area contributed by atoms with Crippen LogP contribution in [-0.4, -0.2) is 26.0 Å². The summed E-state index contributed by atoms with van der Waals surface area (Å²) in [7, 11) is 1.62. The van der Waals surface area contributed by atoms with E-state index in [4.69, 9.17) is 10.5 Å². The Bertz CT molecular complexity index is 480. The largest absolute Gasteiger partial charge is 0.500 e. The molecule has 0 atom stereocenters. The van der Waals surface area contributed by atoms with Gasteiger partial charge in [-0.15, -0.1) is 0 Å². The number of aliphatic imine (C=N–C) groups is 1. The Morgan fingerprint density at radius 3 is 3.17 bits per heavy atom. The number of rotatable bonds is 3. The van der Waals surface area contributed by atoms with Gasteiger partial charge < -0.3 is 15.8 Å². The van der Waals surface area contributed by atoms with E-state index in [1.54, 1.807) is 7.11 Å². The number of nitrogens with one attached hydrogen (secondary N) is 1. The third kappa shape index (κ3) is 2.83. The maximum Gasteiger partial charge on any atom is 0.128 e. The molecule has 2 rings (SSSR count). The number of hydrogen-bond donors (Lipinski definition) is 2. The highest BCUT2D eigenvalue weighted by atomic mass is 16.5. The zero-order valence-electron chi connectivity index (χ0n) is 10.7. The molecule has 1 heterocycles. The molecule has 3 N–H and O–H groups in total. The van der Waals surface area contributed by atoms with E-state index < -0.39 is 0 Å². The number of amidine groups is 1. The molecule has 0 spiro atoms. The average Bonchev–Trinajstić information content (AvgIpc) is 2.58. The lowest BCUT2D eigenvalue weighted by atomic mass is 10.0.